The summed E-state index contributed by atoms with van der Waals surface area (Å²) in [5, 5.41) is 13.6. The molecular weight excluding hydrogens is 346 g/mol. The number of ether oxygens (including phenoxy) is 2. The number of aromatic amines is 1. The van der Waals surface area contributed by atoms with Gasteiger partial charge < -0.3 is 9.47 Å². The predicted octanol–water partition coefficient (Wildman–Crippen LogP) is 1.68. The third kappa shape index (κ3) is 3.53. The summed E-state index contributed by atoms with van der Waals surface area (Å²) >= 11 is 0. The Hall–Kier alpha value is -3.14. The molecule has 0 saturated heterocycles. The number of H-pyrrole nitrogens is 1. The Kier molecular flexibility index (Phi) is 4.52. The van der Waals surface area contributed by atoms with Gasteiger partial charge in [0.1, 0.15) is 16.4 Å². The minimum Gasteiger partial charge on any atom is -0.497 e. The van der Waals surface area contributed by atoms with E-state index in [1.807, 2.05) is 0 Å². The molecule has 0 bridgehead atoms. The van der Waals surface area contributed by atoms with Gasteiger partial charge in [-0.25, -0.2) is 8.42 Å². The number of methoxy groups -OCH3 is 2. The first-order valence-corrected chi connectivity index (χ1v) is 8.60. The average Bonchev–Trinajstić information content (AvgIpc) is 3.15. The molecule has 0 amide bonds. The number of tetrazole rings is 1. The van der Waals surface area contributed by atoms with Gasteiger partial charge in [-0.3, -0.25) is 4.72 Å². The summed E-state index contributed by atoms with van der Waals surface area (Å²) in [6, 6.07) is 11.2. The molecule has 0 radical (unpaired) electrons. The highest BCUT2D eigenvalue weighted by molar-refractivity contribution is 7.92. The second-order valence-corrected chi connectivity index (χ2v) is 6.59. The molecule has 130 valence electrons. The van der Waals surface area contributed by atoms with E-state index in [1.165, 1.54) is 26.4 Å². The fourth-order valence-corrected chi connectivity index (χ4v) is 3.44. The summed E-state index contributed by atoms with van der Waals surface area (Å²) in [6.07, 6.45) is 0. The molecule has 1 aromatic heterocycles. The molecule has 0 unspecified atom stereocenters. The molecule has 10 heteroatoms. The van der Waals surface area contributed by atoms with Crippen molar-refractivity contribution in [3.63, 3.8) is 0 Å². The van der Waals surface area contributed by atoms with E-state index in [-0.39, 0.29) is 10.6 Å². The Bertz CT molecular complexity index is 973. The van der Waals surface area contributed by atoms with Crippen molar-refractivity contribution < 1.29 is 17.9 Å². The maximum Gasteiger partial charge on any atom is 0.265 e. The third-order valence-corrected chi connectivity index (χ3v) is 4.78. The number of aromatic nitrogens is 4. The normalized spacial score (nSPS) is 11.1. The Morgan fingerprint density at radius 2 is 1.92 bits per heavy atom. The maximum atomic E-state index is 12.8. The lowest BCUT2D eigenvalue weighted by atomic mass is 10.2. The van der Waals surface area contributed by atoms with Crippen LogP contribution in [0.25, 0.3) is 11.4 Å². The van der Waals surface area contributed by atoms with E-state index in [1.54, 1.807) is 30.3 Å². The third-order valence-electron chi connectivity index (χ3n) is 3.38. The highest BCUT2D eigenvalue weighted by Gasteiger charge is 2.21. The van der Waals surface area contributed by atoms with Gasteiger partial charge in [0.2, 0.25) is 5.82 Å². The highest BCUT2D eigenvalue weighted by Crippen LogP contribution is 2.30. The van der Waals surface area contributed by atoms with Crippen LogP contribution in [0.2, 0.25) is 0 Å². The number of benzene rings is 2. The first-order chi connectivity index (χ1) is 12.0. The van der Waals surface area contributed by atoms with E-state index in [0.717, 1.165) is 0 Å². The zero-order valence-electron chi connectivity index (χ0n) is 13.4. The maximum absolute atomic E-state index is 12.8. The molecule has 2 N–H and O–H groups in total. The van der Waals surface area contributed by atoms with E-state index >= 15 is 0 Å². The fraction of sp³-hybridized carbons (Fsp3) is 0.133. The van der Waals surface area contributed by atoms with Gasteiger partial charge in [-0.1, -0.05) is 12.1 Å². The second-order valence-electron chi connectivity index (χ2n) is 4.94. The summed E-state index contributed by atoms with van der Waals surface area (Å²) in [5.41, 5.74) is 0.971. The van der Waals surface area contributed by atoms with Crippen LogP contribution in [0.1, 0.15) is 0 Å². The summed E-state index contributed by atoms with van der Waals surface area (Å²) in [6.45, 7) is 0. The summed E-state index contributed by atoms with van der Waals surface area (Å²) in [5.74, 6) is 0.976. The Morgan fingerprint density at radius 3 is 2.60 bits per heavy atom. The molecule has 0 spiro atoms. The van der Waals surface area contributed by atoms with Crippen LogP contribution in [0.15, 0.2) is 47.4 Å². The van der Waals surface area contributed by atoms with Crippen LogP contribution in [-0.4, -0.2) is 43.3 Å². The molecule has 0 fully saturated rings. The van der Waals surface area contributed by atoms with Crippen molar-refractivity contribution in [2.45, 2.75) is 4.90 Å². The minimum atomic E-state index is -3.89. The van der Waals surface area contributed by atoms with E-state index in [4.69, 9.17) is 9.47 Å². The predicted molar refractivity (Wildman–Crippen MR) is 90.0 cm³/mol. The first kappa shape index (κ1) is 16.7. The van der Waals surface area contributed by atoms with E-state index in [0.29, 0.717) is 22.8 Å². The topological polar surface area (TPSA) is 119 Å². The molecule has 0 aliphatic carbocycles. The van der Waals surface area contributed by atoms with Gasteiger partial charge in [0, 0.05) is 17.3 Å². The fourth-order valence-electron chi connectivity index (χ4n) is 2.21. The smallest absolute Gasteiger partial charge is 0.265 e. The molecule has 9 nitrogen and oxygen atoms in total. The van der Waals surface area contributed by atoms with Gasteiger partial charge >= 0.3 is 0 Å². The lowest BCUT2D eigenvalue weighted by molar-refractivity contribution is 0.392. The van der Waals surface area contributed by atoms with Gasteiger partial charge in [0.15, 0.2) is 0 Å². The minimum absolute atomic E-state index is 0.0284. The highest BCUT2D eigenvalue weighted by atomic mass is 32.2. The number of hydrogen-bond acceptors (Lipinski definition) is 7. The lowest BCUT2D eigenvalue weighted by Crippen LogP contribution is -2.14. The molecule has 0 aliphatic rings. The van der Waals surface area contributed by atoms with Crippen LogP contribution in [0.3, 0.4) is 0 Å². The molecule has 1 heterocycles. The number of rotatable bonds is 6. The largest absolute Gasteiger partial charge is 0.497 e. The van der Waals surface area contributed by atoms with Crippen molar-refractivity contribution in [3.8, 4) is 22.9 Å². The van der Waals surface area contributed by atoms with E-state index < -0.39 is 10.0 Å². The molecule has 0 saturated carbocycles. The van der Waals surface area contributed by atoms with Crippen LogP contribution >= 0.6 is 0 Å². The average molecular weight is 361 g/mol. The van der Waals surface area contributed by atoms with Crippen molar-refractivity contribution in [3.05, 3.63) is 42.5 Å². The summed E-state index contributed by atoms with van der Waals surface area (Å²) in [7, 11) is -1.03. The van der Waals surface area contributed by atoms with Crippen LogP contribution in [0, 0.1) is 0 Å². The van der Waals surface area contributed by atoms with E-state index in [2.05, 4.69) is 25.3 Å². The van der Waals surface area contributed by atoms with Crippen molar-refractivity contribution in [1.82, 2.24) is 20.6 Å². The monoisotopic (exact) mass is 361 g/mol. The molecule has 3 aromatic rings. The number of hydrogen-bond donors (Lipinski definition) is 2. The SMILES string of the molecule is COc1ccc(OC)c(S(=O)(=O)Nc2cccc(-c3nn[nH]n3)c2)c1. The van der Waals surface area contributed by atoms with Gasteiger partial charge in [-0.05, 0) is 29.5 Å². The summed E-state index contributed by atoms with van der Waals surface area (Å²) in [4.78, 5) is -0.0284. The van der Waals surface area contributed by atoms with Crippen molar-refractivity contribution in [2.24, 2.45) is 0 Å². The van der Waals surface area contributed by atoms with Gasteiger partial charge in [0.05, 0.1) is 14.2 Å². The number of sulfonamides is 1. The quantitative estimate of drug-likeness (QED) is 0.685. The van der Waals surface area contributed by atoms with Gasteiger partial charge in [-0.15, -0.1) is 10.2 Å². The van der Waals surface area contributed by atoms with Crippen LogP contribution < -0.4 is 14.2 Å². The molecule has 25 heavy (non-hydrogen) atoms. The standard InChI is InChI=1S/C15H15N5O4S/c1-23-12-6-7-13(24-2)14(9-12)25(21,22)18-11-5-3-4-10(8-11)15-16-19-20-17-15/h3-9,18H,1-2H3,(H,16,17,19,20). The lowest BCUT2D eigenvalue weighted by Gasteiger charge is -2.13. The summed E-state index contributed by atoms with van der Waals surface area (Å²) < 4.78 is 38.3. The van der Waals surface area contributed by atoms with Gasteiger partial charge in [-0.2, -0.15) is 5.21 Å². The number of nitrogens with zero attached hydrogens (tertiary/aromatic N) is 3. The number of nitrogens with one attached hydrogen (secondary N) is 2. The first-order valence-electron chi connectivity index (χ1n) is 7.12. The zero-order chi connectivity index (χ0) is 17.9. The van der Waals surface area contributed by atoms with Crippen LogP contribution in [-0.2, 0) is 10.0 Å². The van der Waals surface area contributed by atoms with Crippen molar-refractivity contribution in [2.75, 3.05) is 18.9 Å². The van der Waals surface area contributed by atoms with Crippen molar-refractivity contribution >= 4 is 15.7 Å². The van der Waals surface area contributed by atoms with Crippen LogP contribution in [0.5, 0.6) is 11.5 Å². The van der Waals surface area contributed by atoms with Crippen LogP contribution in [0.4, 0.5) is 5.69 Å². The molecule has 3 rings (SSSR count). The molecule has 0 atom stereocenters. The molecular formula is C15H15N5O4S. The Balaban J connectivity index is 1.96. The Morgan fingerprint density at radius 1 is 1.08 bits per heavy atom. The Labute approximate surface area is 144 Å². The van der Waals surface area contributed by atoms with Crippen molar-refractivity contribution in [1.29, 1.82) is 0 Å². The zero-order valence-corrected chi connectivity index (χ0v) is 14.2. The van der Waals surface area contributed by atoms with E-state index in [9.17, 15) is 8.42 Å². The van der Waals surface area contributed by atoms with Gasteiger partial charge in [0.25, 0.3) is 10.0 Å². The molecule has 0 aliphatic heterocycles. The second kappa shape index (κ2) is 6.77. The number of anilines is 1. The molecule has 2 aromatic carbocycles.